The lowest BCUT2D eigenvalue weighted by Crippen LogP contribution is -2.14. The van der Waals surface area contributed by atoms with Crippen LogP contribution >= 0.6 is 22.9 Å². The van der Waals surface area contributed by atoms with E-state index in [9.17, 15) is 0 Å². The van der Waals surface area contributed by atoms with Gasteiger partial charge in [-0.3, -0.25) is 0 Å². The minimum Gasteiger partial charge on any atom is -0.431 e. The van der Waals surface area contributed by atoms with E-state index in [1.807, 2.05) is 12.1 Å². The van der Waals surface area contributed by atoms with E-state index in [-0.39, 0.29) is 5.41 Å². The van der Waals surface area contributed by atoms with Gasteiger partial charge in [0.1, 0.15) is 10.9 Å². The van der Waals surface area contributed by atoms with Gasteiger partial charge in [0.15, 0.2) is 0 Å². The molecular weight excluding hydrogens is 266 g/mol. The first-order valence-electron chi connectivity index (χ1n) is 5.90. The van der Waals surface area contributed by atoms with Crippen LogP contribution in [0.1, 0.15) is 32.8 Å². The minimum atomic E-state index is 0.197. The van der Waals surface area contributed by atoms with Crippen molar-refractivity contribution in [3.8, 4) is 10.9 Å². The molecule has 0 amide bonds. The van der Waals surface area contributed by atoms with Crippen molar-refractivity contribution < 1.29 is 4.74 Å². The fourth-order valence-electron chi connectivity index (χ4n) is 1.56. The summed E-state index contributed by atoms with van der Waals surface area (Å²) in [7, 11) is 0. The molecule has 0 saturated carbocycles. The molecule has 0 fully saturated rings. The van der Waals surface area contributed by atoms with Crippen LogP contribution in [0.3, 0.4) is 0 Å². The van der Waals surface area contributed by atoms with Gasteiger partial charge in [0, 0.05) is 5.38 Å². The van der Waals surface area contributed by atoms with Crippen molar-refractivity contribution in [3.63, 3.8) is 0 Å². The first-order chi connectivity index (χ1) is 8.51. The first kappa shape index (κ1) is 13.4. The molecule has 0 N–H and O–H groups in total. The number of nitrogens with zero attached hydrogens (tertiary/aromatic N) is 1. The molecular formula is C14H16ClNOS. The Kier molecular flexibility index (Phi) is 3.93. The van der Waals surface area contributed by atoms with Gasteiger partial charge in [-0.25, -0.2) is 0 Å². The van der Waals surface area contributed by atoms with Gasteiger partial charge >= 0.3 is 0 Å². The number of hydrogen-bond donors (Lipinski definition) is 0. The Hall–Kier alpha value is -1.06. The maximum atomic E-state index is 5.75. The smallest absolute Gasteiger partial charge is 0.280 e. The van der Waals surface area contributed by atoms with Gasteiger partial charge < -0.3 is 4.74 Å². The highest BCUT2D eigenvalue weighted by molar-refractivity contribution is 7.11. The van der Waals surface area contributed by atoms with Crippen LogP contribution in [-0.2, 0) is 5.41 Å². The van der Waals surface area contributed by atoms with Gasteiger partial charge in [0.05, 0.1) is 0 Å². The van der Waals surface area contributed by atoms with Crippen molar-refractivity contribution in [2.24, 2.45) is 0 Å². The largest absolute Gasteiger partial charge is 0.431 e. The van der Waals surface area contributed by atoms with Crippen LogP contribution in [0.15, 0.2) is 29.6 Å². The molecule has 96 valence electrons. The fourth-order valence-corrected chi connectivity index (χ4v) is 2.37. The summed E-state index contributed by atoms with van der Waals surface area (Å²) < 4.78 is 5.62. The third kappa shape index (κ3) is 3.03. The first-order valence-corrected chi connectivity index (χ1v) is 7.16. The topological polar surface area (TPSA) is 22.1 Å². The molecule has 0 unspecified atom stereocenters. The molecule has 1 aromatic carbocycles. The maximum absolute atomic E-state index is 5.75. The summed E-state index contributed by atoms with van der Waals surface area (Å²) in [6.45, 7) is 6.68. The fraction of sp³-hybridized carbons (Fsp3) is 0.357. The monoisotopic (exact) mass is 281 g/mol. The van der Waals surface area contributed by atoms with Crippen molar-refractivity contribution in [3.05, 3.63) is 40.4 Å². The summed E-state index contributed by atoms with van der Waals surface area (Å²) >= 11 is 7.14. The number of rotatable bonds is 4. The molecule has 18 heavy (non-hydrogen) atoms. The van der Waals surface area contributed by atoms with Gasteiger partial charge in [-0.15, -0.1) is 0 Å². The molecule has 0 saturated heterocycles. The van der Waals surface area contributed by atoms with Crippen molar-refractivity contribution >= 4 is 22.9 Å². The minimum absolute atomic E-state index is 0.197. The number of thiazole rings is 1. The van der Waals surface area contributed by atoms with E-state index >= 15 is 0 Å². The van der Waals surface area contributed by atoms with Gasteiger partial charge in [0.25, 0.3) is 5.19 Å². The molecule has 0 bridgehead atoms. The molecule has 0 aliphatic heterocycles. The Bertz CT molecular complexity index is 519. The molecule has 4 heteroatoms. The average molecular weight is 282 g/mol. The predicted molar refractivity (Wildman–Crippen MR) is 77.0 cm³/mol. The van der Waals surface area contributed by atoms with E-state index in [4.69, 9.17) is 16.3 Å². The SMILES string of the molecule is CCC(C)(C)c1ccc(Oc2nc(Cl)cs2)cc1. The van der Waals surface area contributed by atoms with E-state index in [0.29, 0.717) is 10.3 Å². The van der Waals surface area contributed by atoms with Crippen molar-refractivity contribution in [2.45, 2.75) is 32.6 Å². The second-order valence-corrected chi connectivity index (χ2v) is 6.01. The zero-order valence-electron chi connectivity index (χ0n) is 10.7. The number of halogens is 1. The highest BCUT2D eigenvalue weighted by atomic mass is 35.5. The lowest BCUT2D eigenvalue weighted by molar-refractivity contribution is 0.475. The molecule has 0 atom stereocenters. The zero-order chi connectivity index (χ0) is 13.2. The van der Waals surface area contributed by atoms with E-state index in [0.717, 1.165) is 12.2 Å². The number of hydrogen-bond acceptors (Lipinski definition) is 3. The van der Waals surface area contributed by atoms with Crippen LogP contribution in [0.2, 0.25) is 5.15 Å². The van der Waals surface area contributed by atoms with Gasteiger partial charge in [-0.1, -0.05) is 55.8 Å². The van der Waals surface area contributed by atoms with Crippen LogP contribution < -0.4 is 4.74 Å². The molecule has 2 aromatic rings. The lowest BCUT2D eigenvalue weighted by Gasteiger charge is -2.23. The number of aromatic nitrogens is 1. The Morgan fingerprint density at radius 3 is 2.44 bits per heavy atom. The van der Waals surface area contributed by atoms with Gasteiger partial charge in [-0.2, -0.15) is 4.98 Å². The maximum Gasteiger partial charge on any atom is 0.280 e. The Balaban J connectivity index is 2.13. The Morgan fingerprint density at radius 2 is 1.94 bits per heavy atom. The van der Waals surface area contributed by atoms with Crippen molar-refractivity contribution in [2.75, 3.05) is 0 Å². The average Bonchev–Trinajstić information content (AvgIpc) is 2.75. The van der Waals surface area contributed by atoms with Crippen LogP contribution in [0, 0.1) is 0 Å². The highest BCUT2D eigenvalue weighted by Crippen LogP contribution is 2.31. The highest BCUT2D eigenvalue weighted by Gasteiger charge is 2.17. The van der Waals surface area contributed by atoms with Crippen LogP contribution in [0.5, 0.6) is 10.9 Å². The molecule has 0 aliphatic carbocycles. The van der Waals surface area contributed by atoms with Gasteiger partial charge in [-0.05, 0) is 29.5 Å². The summed E-state index contributed by atoms with van der Waals surface area (Å²) in [6, 6.07) is 8.16. The molecule has 0 aliphatic rings. The van der Waals surface area contributed by atoms with E-state index in [1.165, 1.54) is 16.9 Å². The third-order valence-corrected chi connectivity index (χ3v) is 4.22. The Morgan fingerprint density at radius 1 is 1.28 bits per heavy atom. The molecule has 2 nitrogen and oxygen atoms in total. The van der Waals surface area contributed by atoms with Crippen molar-refractivity contribution in [1.29, 1.82) is 0 Å². The third-order valence-electron chi connectivity index (χ3n) is 3.18. The standard InChI is InChI=1S/C14H16ClNOS/c1-4-14(2,3)10-5-7-11(8-6-10)17-13-16-12(15)9-18-13/h5-9H,4H2,1-3H3. The quantitative estimate of drug-likeness (QED) is 0.761. The second kappa shape index (κ2) is 5.29. The summed E-state index contributed by atoms with van der Waals surface area (Å²) in [5, 5.41) is 2.80. The Labute approximate surface area is 117 Å². The van der Waals surface area contributed by atoms with E-state index < -0.39 is 0 Å². The van der Waals surface area contributed by atoms with Crippen LogP contribution in [0.25, 0.3) is 0 Å². The second-order valence-electron chi connectivity index (χ2n) is 4.80. The van der Waals surface area contributed by atoms with Crippen molar-refractivity contribution in [1.82, 2.24) is 4.98 Å². The number of ether oxygens (including phenoxy) is 1. The summed E-state index contributed by atoms with van der Waals surface area (Å²) in [5.74, 6) is 0.789. The van der Waals surface area contributed by atoms with E-state index in [1.54, 1.807) is 5.38 Å². The van der Waals surface area contributed by atoms with Crippen LogP contribution in [-0.4, -0.2) is 4.98 Å². The molecule has 2 rings (SSSR count). The lowest BCUT2D eigenvalue weighted by atomic mass is 9.82. The molecule has 0 radical (unpaired) electrons. The van der Waals surface area contributed by atoms with Gasteiger partial charge in [0.2, 0.25) is 0 Å². The normalized spacial score (nSPS) is 11.6. The predicted octanol–water partition coefficient (Wildman–Crippen LogP) is 5.28. The zero-order valence-corrected chi connectivity index (χ0v) is 12.3. The molecule has 1 heterocycles. The van der Waals surface area contributed by atoms with E-state index in [2.05, 4.69) is 37.9 Å². The molecule has 0 spiro atoms. The summed E-state index contributed by atoms with van der Waals surface area (Å²) in [5.41, 5.74) is 1.51. The summed E-state index contributed by atoms with van der Waals surface area (Å²) in [6.07, 6.45) is 1.11. The number of benzene rings is 1. The van der Waals surface area contributed by atoms with Crippen LogP contribution in [0.4, 0.5) is 0 Å². The molecule has 1 aromatic heterocycles. The summed E-state index contributed by atoms with van der Waals surface area (Å²) in [4.78, 5) is 4.06.